The number of fused-ring (bicyclic) bond motifs is 1. The van der Waals surface area contributed by atoms with Gasteiger partial charge in [0.1, 0.15) is 11.5 Å². The maximum atomic E-state index is 13.7. The zero-order chi connectivity index (χ0) is 16.0. The lowest BCUT2D eigenvalue weighted by Crippen LogP contribution is -2.01. The number of hydrogen-bond donors (Lipinski definition) is 1. The van der Waals surface area contributed by atoms with E-state index in [-0.39, 0.29) is 10.7 Å². The van der Waals surface area contributed by atoms with Gasteiger partial charge in [-0.05, 0) is 36.8 Å². The fourth-order valence-electron chi connectivity index (χ4n) is 2.56. The third-order valence-corrected chi connectivity index (χ3v) is 4.06. The second kappa shape index (κ2) is 5.10. The second-order valence-corrected chi connectivity index (χ2v) is 5.43. The second-order valence-electron chi connectivity index (χ2n) is 5.02. The number of nitrogens with zero attached hydrogens (tertiary/aromatic N) is 2. The normalized spacial score (nSPS) is 11.1. The van der Waals surface area contributed by atoms with E-state index in [1.165, 1.54) is 18.2 Å². The van der Waals surface area contributed by atoms with Gasteiger partial charge in [-0.3, -0.25) is 0 Å². The van der Waals surface area contributed by atoms with Crippen LogP contribution in [0.2, 0.25) is 5.02 Å². The first-order chi connectivity index (χ1) is 10.4. The van der Waals surface area contributed by atoms with Crippen molar-refractivity contribution in [1.29, 1.82) is 0 Å². The molecule has 1 N–H and O–H groups in total. The number of pyridine rings is 1. The molecule has 2 aromatic heterocycles. The highest BCUT2D eigenvalue weighted by Crippen LogP contribution is 2.34. The molecule has 1 aromatic carbocycles. The molecule has 112 valence electrons. The van der Waals surface area contributed by atoms with Crippen LogP contribution < -0.4 is 0 Å². The van der Waals surface area contributed by atoms with Crippen LogP contribution in [0.5, 0.6) is 0 Å². The molecule has 0 atom stereocenters. The molecule has 0 saturated heterocycles. The van der Waals surface area contributed by atoms with Crippen molar-refractivity contribution in [2.45, 2.75) is 6.92 Å². The van der Waals surface area contributed by atoms with Crippen LogP contribution in [0.4, 0.5) is 4.39 Å². The standard InChI is InChI=1S/C16H12ClFN2O2/c1-8-14(9-3-5-11(17)12(18)7-9)10-4-6-13(16(21)22)19-15(10)20(8)2/h3-7H,1-2H3,(H,21,22). The molecule has 22 heavy (non-hydrogen) atoms. The Balaban J connectivity index is 2.32. The molecule has 0 unspecified atom stereocenters. The Morgan fingerprint density at radius 1 is 1.32 bits per heavy atom. The summed E-state index contributed by atoms with van der Waals surface area (Å²) in [6.45, 7) is 1.88. The van der Waals surface area contributed by atoms with Crippen LogP contribution in [0.1, 0.15) is 16.2 Å². The average Bonchev–Trinajstić information content (AvgIpc) is 2.74. The molecule has 2 heterocycles. The summed E-state index contributed by atoms with van der Waals surface area (Å²) in [7, 11) is 1.80. The number of carboxylic acids is 1. The lowest BCUT2D eigenvalue weighted by atomic mass is 10.0. The molecule has 0 spiro atoms. The highest BCUT2D eigenvalue weighted by molar-refractivity contribution is 6.30. The van der Waals surface area contributed by atoms with Gasteiger partial charge in [0.05, 0.1) is 5.02 Å². The number of carboxylic acid groups (broad SMARTS) is 1. The van der Waals surface area contributed by atoms with Gasteiger partial charge in [-0.25, -0.2) is 14.2 Å². The number of aromatic carboxylic acids is 1. The van der Waals surface area contributed by atoms with Crippen molar-refractivity contribution in [3.8, 4) is 11.1 Å². The van der Waals surface area contributed by atoms with E-state index in [0.717, 1.165) is 16.6 Å². The number of rotatable bonds is 2. The third kappa shape index (κ3) is 2.14. The molecule has 0 radical (unpaired) electrons. The van der Waals surface area contributed by atoms with E-state index < -0.39 is 11.8 Å². The van der Waals surface area contributed by atoms with Crippen molar-refractivity contribution in [2.24, 2.45) is 7.05 Å². The van der Waals surface area contributed by atoms with Crippen LogP contribution in [0, 0.1) is 12.7 Å². The minimum Gasteiger partial charge on any atom is -0.477 e. The number of aromatic nitrogens is 2. The molecule has 0 bridgehead atoms. The quantitative estimate of drug-likeness (QED) is 0.776. The van der Waals surface area contributed by atoms with Gasteiger partial charge in [-0.1, -0.05) is 17.7 Å². The summed E-state index contributed by atoms with van der Waals surface area (Å²) in [4.78, 5) is 15.2. The number of aryl methyl sites for hydroxylation is 1. The zero-order valence-electron chi connectivity index (χ0n) is 11.9. The number of carbonyl (C=O) groups is 1. The van der Waals surface area contributed by atoms with Gasteiger partial charge in [0.2, 0.25) is 0 Å². The molecule has 0 aliphatic carbocycles. The van der Waals surface area contributed by atoms with E-state index in [2.05, 4.69) is 4.98 Å². The lowest BCUT2D eigenvalue weighted by molar-refractivity contribution is 0.0691. The number of hydrogen-bond acceptors (Lipinski definition) is 2. The summed E-state index contributed by atoms with van der Waals surface area (Å²) >= 11 is 5.73. The smallest absolute Gasteiger partial charge is 0.354 e. The summed E-state index contributed by atoms with van der Waals surface area (Å²) in [6, 6.07) is 7.75. The van der Waals surface area contributed by atoms with E-state index >= 15 is 0 Å². The Morgan fingerprint density at radius 2 is 2.05 bits per heavy atom. The molecule has 4 nitrogen and oxygen atoms in total. The SMILES string of the molecule is Cc1c(-c2ccc(Cl)c(F)c2)c2ccc(C(=O)O)nc2n1C. The minimum absolute atomic E-state index is 0.0260. The van der Waals surface area contributed by atoms with Crippen LogP contribution in [-0.2, 0) is 7.05 Å². The summed E-state index contributed by atoms with van der Waals surface area (Å²) < 4.78 is 15.5. The first-order valence-electron chi connectivity index (χ1n) is 6.55. The van der Waals surface area contributed by atoms with E-state index in [1.807, 2.05) is 6.92 Å². The maximum Gasteiger partial charge on any atom is 0.354 e. The van der Waals surface area contributed by atoms with Gasteiger partial charge in [-0.2, -0.15) is 0 Å². The van der Waals surface area contributed by atoms with Crippen molar-refractivity contribution in [3.63, 3.8) is 0 Å². The molecule has 6 heteroatoms. The Hall–Kier alpha value is -2.40. The molecule has 3 rings (SSSR count). The molecule has 0 saturated carbocycles. The predicted octanol–water partition coefficient (Wildman–Crippen LogP) is 4.04. The number of halogens is 2. The lowest BCUT2D eigenvalue weighted by Gasteiger charge is -2.04. The monoisotopic (exact) mass is 318 g/mol. The molecular weight excluding hydrogens is 307 g/mol. The molecule has 0 aliphatic rings. The zero-order valence-corrected chi connectivity index (χ0v) is 12.6. The molecular formula is C16H12ClFN2O2. The van der Waals surface area contributed by atoms with Crippen molar-refractivity contribution in [2.75, 3.05) is 0 Å². The van der Waals surface area contributed by atoms with Crippen LogP contribution in [0.15, 0.2) is 30.3 Å². The van der Waals surface area contributed by atoms with E-state index in [9.17, 15) is 9.18 Å². The highest BCUT2D eigenvalue weighted by Gasteiger charge is 2.17. The Bertz CT molecular complexity index is 918. The van der Waals surface area contributed by atoms with Gasteiger partial charge in [0, 0.05) is 23.7 Å². The van der Waals surface area contributed by atoms with E-state index in [0.29, 0.717) is 11.2 Å². The van der Waals surface area contributed by atoms with E-state index in [4.69, 9.17) is 16.7 Å². The number of benzene rings is 1. The largest absolute Gasteiger partial charge is 0.477 e. The Labute approximate surface area is 130 Å². The van der Waals surface area contributed by atoms with Gasteiger partial charge in [0.15, 0.2) is 5.69 Å². The van der Waals surface area contributed by atoms with Gasteiger partial charge in [0.25, 0.3) is 0 Å². The predicted molar refractivity (Wildman–Crippen MR) is 82.8 cm³/mol. The summed E-state index contributed by atoms with van der Waals surface area (Å²) in [5.41, 5.74) is 2.88. The van der Waals surface area contributed by atoms with Crippen LogP contribution in [-0.4, -0.2) is 20.6 Å². The Kier molecular flexibility index (Phi) is 3.37. The van der Waals surface area contributed by atoms with E-state index in [1.54, 1.807) is 23.7 Å². The van der Waals surface area contributed by atoms with Gasteiger partial charge < -0.3 is 9.67 Å². The topological polar surface area (TPSA) is 55.1 Å². The molecule has 0 amide bonds. The van der Waals surface area contributed by atoms with Crippen LogP contribution in [0.3, 0.4) is 0 Å². The maximum absolute atomic E-state index is 13.7. The van der Waals surface area contributed by atoms with Gasteiger partial charge >= 0.3 is 5.97 Å². The highest BCUT2D eigenvalue weighted by atomic mass is 35.5. The average molecular weight is 319 g/mol. The first kappa shape index (κ1) is 14.5. The Morgan fingerprint density at radius 3 is 2.68 bits per heavy atom. The third-order valence-electron chi connectivity index (χ3n) is 3.75. The molecule has 0 aliphatic heterocycles. The molecule has 0 fully saturated rings. The summed E-state index contributed by atoms with van der Waals surface area (Å²) in [5.74, 6) is -1.58. The van der Waals surface area contributed by atoms with Crippen molar-refractivity contribution >= 4 is 28.6 Å². The van der Waals surface area contributed by atoms with Crippen LogP contribution >= 0.6 is 11.6 Å². The summed E-state index contributed by atoms with van der Waals surface area (Å²) in [5, 5.41) is 9.89. The van der Waals surface area contributed by atoms with Crippen LogP contribution in [0.25, 0.3) is 22.2 Å². The summed E-state index contributed by atoms with van der Waals surface area (Å²) in [6.07, 6.45) is 0. The van der Waals surface area contributed by atoms with Crippen molar-refractivity contribution in [1.82, 2.24) is 9.55 Å². The van der Waals surface area contributed by atoms with Crippen molar-refractivity contribution in [3.05, 3.63) is 52.6 Å². The van der Waals surface area contributed by atoms with Gasteiger partial charge in [-0.15, -0.1) is 0 Å². The fraction of sp³-hybridized carbons (Fsp3) is 0.125. The molecule has 3 aromatic rings. The van der Waals surface area contributed by atoms with Crippen molar-refractivity contribution < 1.29 is 14.3 Å². The first-order valence-corrected chi connectivity index (χ1v) is 6.92. The fourth-order valence-corrected chi connectivity index (χ4v) is 2.67. The minimum atomic E-state index is -1.08.